The van der Waals surface area contributed by atoms with Gasteiger partial charge < -0.3 is 9.47 Å². The summed E-state index contributed by atoms with van der Waals surface area (Å²) in [5.74, 6) is 0.132. The topological polar surface area (TPSA) is 66.2 Å². The van der Waals surface area contributed by atoms with Crippen molar-refractivity contribution in [2.45, 2.75) is 13.8 Å². The summed E-state index contributed by atoms with van der Waals surface area (Å²) in [4.78, 5) is 15.7. The van der Waals surface area contributed by atoms with Crippen LogP contribution in [0.3, 0.4) is 0 Å². The summed E-state index contributed by atoms with van der Waals surface area (Å²) < 4.78 is 11.7. The number of hydrogen-bond acceptors (Lipinski definition) is 5. The number of esters is 1. The molecule has 0 aromatic carbocycles. The van der Waals surface area contributed by atoms with Crippen molar-refractivity contribution >= 4 is 5.97 Å². The summed E-state index contributed by atoms with van der Waals surface area (Å²) >= 11 is 0. The number of nitrogens with zero attached hydrogens (tertiary/aromatic N) is 3. The quantitative estimate of drug-likeness (QED) is 0.798. The molecular formula is C14H17N3O3. The third-order valence-corrected chi connectivity index (χ3v) is 2.93. The Kier molecular flexibility index (Phi) is 4.02. The summed E-state index contributed by atoms with van der Waals surface area (Å²) in [6, 6.07) is 3.56. The first kappa shape index (κ1) is 14.0. The van der Waals surface area contributed by atoms with Crippen molar-refractivity contribution in [2.24, 2.45) is 7.05 Å². The molecule has 0 aliphatic rings. The maximum atomic E-state index is 11.5. The first-order chi connectivity index (χ1) is 9.56. The van der Waals surface area contributed by atoms with Crippen LogP contribution in [0.15, 0.2) is 18.3 Å². The predicted octanol–water partition coefficient (Wildman–Crippen LogP) is 1.98. The number of carbonyl (C=O) groups excluding carboxylic acids is 1. The van der Waals surface area contributed by atoms with Gasteiger partial charge in [0.25, 0.3) is 0 Å². The van der Waals surface area contributed by atoms with Crippen molar-refractivity contribution in [3.8, 4) is 17.1 Å². The van der Waals surface area contributed by atoms with Crippen molar-refractivity contribution in [3.05, 3.63) is 29.6 Å². The fourth-order valence-corrected chi connectivity index (χ4v) is 1.95. The molecule has 0 aliphatic heterocycles. The van der Waals surface area contributed by atoms with E-state index in [-0.39, 0.29) is 5.69 Å². The van der Waals surface area contributed by atoms with Crippen LogP contribution in [0, 0.1) is 6.92 Å². The lowest BCUT2D eigenvalue weighted by Gasteiger charge is -2.08. The van der Waals surface area contributed by atoms with E-state index in [1.54, 1.807) is 24.0 Å². The number of rotatable bonds is 4. The Bertz CT molecular complexity index is 635. The highest BCUT2D eigenvalue weighted by molar-refractivity contribution is 5.88. The lowest BCUT2D eigenvalue weighted by atomic mass is 10.1. The smallest absolute Gasteiger partial charge is 0.358 e. The van der Waals surface area contributed by atoms with Crippen LogP contribution in [0.5, 0.6) is 5.88 Å². The molecule has 106 valence electrons. The molecule has 20 heavy (non-hydrogen) atoms. The molecule has 0 radical (unpaired) electrons. The molecule has 0 atom stereocenters. The molecule has 0 amide bonds. The van der Waals surface area contributed by atoms with Gasteiger partial charge in [-0.05, 0) is 25.5 Å². The maximum Gasteiger partial charge on any atom is 0.358 e. The highest BCUT2D eigenvalue weighted by Gasteiger charge is 2.16. The van der Waals surface area contributed by atoms with E-state index in [9.17, 15) is 4.79 Å². The second-order valence-corrected chi connectivity index (χ2v) is 4.30. The second kappa shape index (κ2) is 5.73. The lowest BCUT2D eigenvalue weighted by molar-refractivity contribution is 0.0593. The third-order valence-electron chi connectivity index (χ3n) is 2.93. The summed E-state index contributed by atoms with van der Waals surface area (Å²) in [7, 11) is 3.11. The van der Waals surface area contributed by atoms with E-state index in [0.29, 0.717) is 12.5 Å². The zero-order valence-corrected chi connectivity index (χ0v) is 12.0. The molecular weight excluding hydrogens is 258 g/mol. The molecule has 2 aromatic rings. The molecule has 2 heterocycles. The first-order valence-electron chi connectivity index (χ1n) is 6.29. The number of carbonyl (C=O) groups is 1. The van der Waals surface area contributed by atoms with E-state index in [1.165, 1.54) is 7.11 Å². The molecule has 0 spiro atoms. The number of ether oxygens (including phenoxy) is 2. The molecule has 6 nitrogen and oxygen atoms in total. The van der Waals surface area contributed by atoms with E-state index in [0.717, 1.165) is 16.8 Å². The third kappa shape index (κ3) is 2.64. The Balaban J connectivity index is 2.41. The van der Waals surface area contributed by atoms with Crippen molar-refractivity contribution in [3.63, 3.8) is 0 Å². The highest BCUT2D eigenvalue weighted by Crippen LogP contribution is 2.25. The van der Waals surface area contributed by atoms with Gasteiger partial charge in [-0.25, -0.2) is 9.78 Å². The normalized spacial score (nSPS) is 10.4. The van der Waals surface area contributed by atoms with Crippen LogP contribution >= 0.6 is 0 Å². The van der Waals surface area contributed by atoms with Crippen molar-refractivity contribution in [1.29, 1.82) is 0 Å². The lowest BCUT2D eigenvalue weighted by Crippen LogP contribution is -2.03. The number of hydrogen-bond donors (Lipinski definition) is 0. The summed E-state index contributed by atoms with van der Waals surface area (Å²) in [5, 5.41) is 4.14. The average Bonchev–Trinajstić information content (AvgIpc) is 2.80. The van der Waals surface area contributed by atoms with Crippen molar-refractivity contribution < 1.29 is 14.3 Å². The van der Waals surface area contributed by atoms with Crippen LogP contribution in [0.25, 0.3) is 11.3 Å². The molecule has 0 N–H and O–H groups in total. The summed E-state index contributed by atoms with van der Waals surface area (Å²) in [5.41, 5.74) is 2.98. The summed E-state index contributed by atoms with van der Waals surface area (Å²) in [6.07, 6.45) is 1.72. The summed E-state index contributed by atoms with van der Waals surface area (Å²) in [6.45, 7) is 4.45. The second-order valence-electron chi connectivity index (χ2n) is 4.30. The molecule has 0 fully saturated rings. The van der Waals surface area contributed by atoms with Crippen LogP contribution in [0.1, 0.15) is 23.0 Å². The highest BCUT2D eigenvalue weighted by atomic mass is 16.5. The van der Waals surface area contributed by atoms with Crippen LogP contribution in [0.4, 0.5) is 0 Å². The maximum absolute atomic E-state index is 11.5. The van der Waals surface area contributed by atoms with Crippen molar-refractivity contribution in [2.75, 3.05) is 13.7 Å². The Morgan fingerprint density at radius 1 is 1.40 bits per heavy atom. The van der Waals surface area contributed by atoms with Crippen LogP contribution in [-0.4, -0.2) is 34.5 Å². The van der Waals surface area contributed by atoms with Gasteiger partial charge >= 0.3 is 5.97 Å². The zero-order chi connectivity index (χ0) is 14.7. The standard InChI is InChI=1S/C14H17N3O3/c1-5-20-13-6-9(2)10(8-15-13)12-7-11(14(18)19-4)16-17(12)3/h6-8H,5H2,1-4H3. The van der Waals surface area contributed by atoms with Gasteiger partial charge in [0.15, 0.2) is 5.69 Å². The monoisotopic (exact) mass is 275 g/mol. The Labute approximate surface area is 117 Å². The molecule has 6 heteroatoms. The van der Waals surface area contributed by atoms with Gasteiger partial charge in [0.05, 0.1) is 19.4 Å². The SMILES string of the molecule is CCOc1cc(C)c(-c2cc(C(=O)OC)nn2C)cn1. The van der Waals surface area contributed by atoms with Gasteiger partial charge in [0, 0.05) is 24.9 Å². The van der Waals surface area contributed by atoms with E-state index in [4.69, 9.17) is 4.74 Å². The van der Waals surface area contributed by atoms with Gasteiger partial charge in [-0.3, -0.25) is 4.68 Å². The van der Waals surface area contributed by atoms with Crippen LogP contribution in [0.2, 0.25) is 0 Å². The number of pyridine rings is 1. The van der Waals surface area contributed by atoms with Gasteiger partial charge in [-0.2, -0.15) is 5.10 Å². The van der Waals surface area contributed by atoms with Gasteiger partial charge in [0.2, 0.25) is 5.88 Å². The molecule has 2 rings (SSSR count). The van der Waals surface area contributed by atoms with Gasteiger partial charge in [-0.15, -0.1) is 0 Å². The van der Waals surface area contributed by atoms with Gasteiger partial charge in [-0.1, -0.05) is 0 Å². The molecule has 0 unspecified atom stereocenters. The fraction of sp³-hybridized carbons (Fsp3) is 0.357. The van der Waals surface area contributed by atoms with E-state index < -0.39 is 5.97 Å². The van der Waals surface area contributed by atoms with Crippen LogP contribution < -0.4 is 4.74 Å². The van der Waals surface area contributed by atoms with E-state index in [1.807, 2.05) is 19.9 Å². The largest absolute Gasteiger partial charge is 0.478 e. The van der Waals surface area contributed by atoms with Crippen LogP contribution in [-0.2, 0) is 11.8 Å². The van der Waals surface area contributed by atoms with E-state index in [2.05, 4.69) is 14.8 Å². The Morgan fingerprint density at radius 3 is 2.75 bits per heavy atom. The Morgan fingerprint density at radius 2 is 2.15 bits per heavy atom. The molecule has 0 aliphatic carbocycles. The van der Waals surface area contributed by atoms with Crippen molar-refractivity contribution in [1.82, 2.24) is 14.8 Å². The average molecular weight is 275 g/mol. The first-order valence-corrected chi connectivity index (χ1v) is 6.29. The minimum atomic E-state index is -0.455. The van der Waals surface area contributed by atoms with E-state index >= 15 is 0 Å². The molecule has 0 saturated heterocycles. The Hall–Kier alpha value is -2.37. The number of aromatic nitrogens is 3. The number of aryl methyl sites for hydroxylation is 2. The zero-order valence-electron chi connectivity index (χ0n) is 12.0. The minimum absolute atomic E-state index is 0.276. The molecule has 0 bridgehead atoms. The minimum Gasteiger partial charge on any atom is -0.478 e. The molecule has 2 aromatic heterocycles. The predicted molar refractivity (Wildman–Crippen MR) is 73.7 cm³/mol. The number of methoxy groups -OCH3 is 1. The van der Waals surface area contributed by atoms with Gasteiger partial charge in [0.1, 0.15) is 0 Å². The molecule has 0 saturated carbocycles. The fourth-order valence-electron chi connectivity index (χ4n) is 1.95.